The molecule has 4 N–H and O–H groups in total. The Kier molecular flexibility index (Phi) is 5.08. The largest absolute Gasteiger partial charge is 0.351 e. The molecule has 17 heavy (non-hydrogen) atoms. The zero-order valence-electron chi connectivity index (χ0n) is 9.64. The average molecular weight is 240 g/mol. The minimum atomic E-state index is -0.875. The van der Waals surface area contributed by atoms with Crippen LogP contribution >= 0.6 is 0 Å². The highest BCUT2D eigenvalue weighted by atomic mass is 16.2. The molecule has 1 aromatic heterocycles. The van der Waals surface area contributed by atoms with Crippen LogP contribution in [0.2, 0.25) is 0 Å². The first-order valence-electron chi connectivity index (χ1n) is 5.30. The van der Waals surface area contributed by atoms with Gasteiger partial charge in [0.1, 0.15) is 6.54 Å². The van der Waals surface area contributed by atoms with Crippen molar-refractivity contribution in [3.8, 4) is 0 Å². The number of urea groups is 1. The first-order chi connectivity index (χ1) is 8.11. The molecule has 0 saturated carbocycles. The highest BCUT2D eigenvalue weighted by molar-refractivity contribution is 5.93. The van der Waals surface area contributed by atoms with Gasteiger partial charge in [0.25, 0.3) is 0 Å². The van der Waals surface area contributed by atoms with Crippen LogP contribution < -0.4 is 16.4 Å². The Bertz CT molecular complexity index is 389. The maximum absolute atomic E-state index is 11.2. The molecule has 1 aromatic rings. The lowest BCUT2D eigenvalue weighted by atomic mass is 10.4. The summed E-state index contributed by atoms with van der Waals surface area (Å²) < 4.78 is 1.35. The second-order valence-electron chi connectivity index (χ2n) is 3.50. The van der Waals surface area contributed by atoms with E-state index in [1.165, 1.54) is 4.68 Å². The smallest absolute Gasteiger partial charge is 0.318 e. The third-order valence-corrected chi connectivity index (χ3v) is 1.89. The number of hydrogen-bond donors (Lipinski definition) is 3. The van der Waals surface area contributed by atoms with Crippen LogP contribution in [0, 0.1) is 0 Å². The number of nitrogens with one attached hydrogen (secondary N) is 2. The number of amides is 3. The zero-order chi connectivity index (χ0) is 12.7. The van der Waals surface area contributed by atoms with Crippen molar-refractivity contribution >= 4 is 11.9 Å². The van der Waals surface area contributed by atoms with Gasteiger partial charge in [-0.2, -0.15) is 0 Å². The standard InChI is InChI=1S/C9H16N6O2/c1-2-3-11-4-7-5-15(14-13-7)6-8(16)12-9(10)17/h5,11H,2-4,6H2,1H3,(H3,10,12,16,17). The number of primary amides is 1. The molecule has 0 fully saturated rings. The van der Waals surface area contributed by atoms with Crippen molar-refractivity contribution in [1.82, 2.24) is 25.6 Å². The van der Waals surface area contributed by atoms with E-state index in [0.29, 0.717) is 6.54 Å². The number of aromatic nitrogens is 3. The third kappa shape index (κ3) is 5.07. The number of rotatable bonds is 6. The van der Waals surface area contributed by atoms with Gasteiger partial charge >= 0.3 is 6.03 Å². The van der Waals surface area contributed by atoms with E-state index in [1.807, 2.05) is 5.32 Å². The van der Waals surface area contributed by atoms with Gasteiger partial charge in [0, 0.05) is 6.54 Å². The fourth-order valence-corrected chi connectivity index (χ4v) is 1.21. The Balaban J connectivity index is 2.39. The molecule has 3 amide bonds. The van der Waals surface area contributed by atoms with Crippen LogP contribution in [0.5, 0.6) is 0 Å². The minimum Gasteiger partial charge on any atom is -0.351 e. The number of nitrogens with two attached hydrogens (primary N) is 1. The maximum atomic E-state index is 11.2. The summed E-state index contributed by atoms with van der Waals surface area (Å²) in [7, 11) is 0. The molecular formula is C9H16N6O2. The van der Waals surface area contributed by atoms with Crippen LogP contribution in [-0.2, 0) is 17.9 Å². The summed E-state index contributed by atoms with van der Waals surface area (Å²) >= 11 is 0. The first kappa shape index (κ1) is 13.1. The molecule has 0 atom stereocenters. The molecule has 0 spiro atoms. The highest BCUT2D eigenvalue weighted by Gasteiger charge is 2.07. The van der Waals surface area contributed by atoms with E-state index >= 15 is 0 Å². The molecule has 0 aromatic carbocycles. The molecule has 0 aliphatic rings. The molecule has 0 aliphatic carbocycles. The normalized spacial score (nSPS) is 10.2. The summed E-state index contributed by atoms with van der Waals surface area (Å²) in [4.78, 5) is 21.6. The molecule has 0 bridgehead atoms. The number of hydrogen-bond acceptors (Lipinski definition) is 5. The molecule has 8 nitrogen and oxygen atoms in total. The van der Waals surface area contributed by atoms with Crippen molar-refractivity contribution in [2.75, 3.05) is 6.54 Å². The van der Waals surface area contributed by atoms with Crippen molar-refractivity contribution in [3.05, 3.63) is 11.9 Å². The molecule has 0 radical (unpaired) electrons. The monoisotopic (exact) mass is 240 g/mol. The highest BCUT2D eigenvalue weighted by Crippen LogP contribution is 1.92. The molecular weight excluding hydrogens is 224 g/mol. The SMILES string of the molecule is CCCNCc1cn(CC(=O)NC(N)=O)nn1. The van der Waals surface area contributed by atoms with E-state index in [1.54, 1.807) is 6.20 Å². The minimum absolute atomic E-state index is 0.0796. The van der Waals surface area contributed by atoms with Crippen molar-refractivity contribution in [3.63, 3.8) is 0 Å². The molecule has 0 aliphatic heterocycles. The van der Waals surface area contributed by atoms with Gasteiger partial charge in [-0.3, -0.25) is 10.1 Å². The number of imide groups is 1. The second-order valence-corrected chi connectivity index (χ2v) is 3.50. The van der Waals surface area contributed by atoms with Crippen LogP contribution in [0.25, 0.3) is 0 Å². The van der Waals surface area contributed by atoms with Gasteiger partial charge in [0.2, 0.25) is 5.91 Å². The molecule has 0 saturated heterocycles. The van der Waals surface area contributed by atoms with E-state index < -0.39 is 11.9 Å². The van der Waals surface area contributed by atoms with Gasteiger partial charge in [0.05, 0.1) is 11.9 Å². The Hall–Kier alpha value is -1.96. The lowest BCUT2D eigenvalue weighted by molar-refractivity contribution is -0.120. The summed E-state index contributed by atoms with van der Waals surface area (Å²) in [5, 5.41) is 12.7. The summed E-state index contributed by atoms with van der Waals surface area (Å²) in [6.45, 7) is 3.49. The summed E-state index contributed by atoms with van der Waals surface area (Å²) in [5.41, 5.74) is 5.55. The number of carbonyl (C=O) groups excluding carboxylic acids is 2. The Labute approximate surface area is 98.5 Å². The lowest BCUT2D eigenvalue weighted by Crippen LogP contribution is -2.37. The van der Waals surface area contributed by atoms with Crippen LogP contribution in [0.4, 0.5) is 4.79 Å². The zero-order valence-corrected chi connectivity index (χ0v) is 9.64. The van der Waals surface area contributed by atoms with Crippen molar-refractivity contribution in [2.45, 2.75) is 26.4 Å². The Morgan fingerprint density at radius 2 is 2.29 bits per heavy atom. The van der Waals surface area contributed by atoms with Crippen molar-refractivity contribution in [2.24, 2.45) is 5.73 Å². The van der Waals surface area contributed by atoms with E-state index in [0.717, 1.165) is 18.7 Å². The topological polar surface area (TPSA) is 115 Å². The van der Waals surface area contributed by atoms with Gasteiger partial charge < -0.3 is 11.1 Å². The van der Waals surface area contributed by atoms with E-state index in [-0.39, 0.29) is 6.54 Å². The van der Waals surface area contributed by atoms with Crippen molar-refractivity contribution < 1.29 is 9.59 Å². The third-order valence-electron chi connectivity index (χ3n) is 1.89. The molecule has 8 heteroatoms. The van der Waals surface area contributed by atoms with E-state index in [2.05, 4.69) is 22.6 Å². The molecule has 1 rings (SSSR count). The van der Waals surface area contributed by atoms with E-state index in [9.17, 15) is 9.59 Å². The van der Waals surface area contributed by atoms with Crippen LogP contribution in [0.1, 0.15) is 19.0 Å². The van der Waals surface area contributed by atoms with E-state index in [4.69, 9.17) is 5.73 Å². The van der Waals surface area contributed by atoms with Gasteiger partial charge in [0.15, 0.2) is 0 Å². The average Bonchev–Trinajstić information content (AvgIpc) is 2.64. The summed E-state index contributed by atoms with van der Waals surface area (Å²) in [6.07, 6.45) is 2.68. The quantitative estimate of drug-likeness (QED) is 0.550. The molecule has 1 heterocycles. The molecule has 0 unspecified atom stereocenters. The van der Waals surface area contributed by atoms with Crippen LogP contribution in [-0.4, -0.2) is 33.5 Å². The Morgan fingerprint density at radius 1 is 1.53 bits per heavy atom. The fraction of sp³-hybridized carbons (Fsp3) is 0.556. The van der Waals surface area contributed by atoms with Gasteiger partial charge in [-0.1, -0.05) is 12.1 Å². The summed E-state index contributed by atoms with van der Waals surface area (Å²) in [5.74, 6) is -0.518. The van der Waals surface area contributed by atoms with Crippen molar-refractivity contribution in [1.29, 1.82) is 0 Å². The van der Waals surface area contributed by atoms with Crippen LogP contribution in [0.15, 0.2) is 6.20 Å². The molecule has 94 valence electrons. The van der Waals surface area contributed by atoms with Crippen LogP contribution in [0.3, 0.4) is 0 Å². The predicted molar refractivity (Wildman–Crippen MR) is 59.7 cm³/mol. The first-order valence-corrected chi connectivity index (χ1v) is 5.30. The van der Waals surface area contributed by atoms with Gasteiger partial charge in [-0.05, 0) is 13.0 Å². The Morgan fingerprint density at radius 3 is 2.94 bits per heavy atom. The number of nitrogens with zero attached hydrogens (tertiary/aromatic N) is 3. The predicted octanol–water partition coefficient (Wildman–Crippen LogP) is -1.03. The second kappa shape index (κ2) is 6.59. The fourth-order valence-electron chi connectivity index (χ4n) is 1.21. The summed E-state index contributed by atoms with van der Waals surface area (Å²) in [6, 6.07) is -0.875. The van der Waals surface area contributed by atoms with Gasteiger partial charge in [-0.25, -0.2) is 9.48 Å². The maximum Gasteiger partial charge on any atom is 0.318 e. The van der Waals surface area contributed by atoms with Gasteiger partial charge in [-0.15, -0.1) is 5.10 Å². The lowest BCUT2D eigenvalue weighted by Gasteiger charge is -1.99. The number of carbonyl (C=O) groups is 2.